The van der Waals surface area contributed by atoms with E-state index in [1.165, 1.54) is 5.56 Å². The predicted octanol–water partition coefficient (Wildman–Crippen LogP) is 3.32. The van der Waals surface area contributed by atoms with Crippen LogP contribution in [0.2, 0.25) is 0 Å². The highest BCUT2D eigenvalue weighted by Crippen LogP contribution is 2.21. The molecule has 0 radical (unpaired) electrons. The standard InChI is InChI=1S/C20H19N3O3/c1-13-6-8-14(9-7-13)17-12-22-19(26-17)11-10-18(24)23-16-5-3-2-4-15(16)20(21)25/h2-9,12H,10-11H2,1H3,(H2,21,25)(H,23,24). The van der Waals surface area contributed by atoms with Crippen LogP contribution in [0.3, 0.4) is 0 Å². The first-order valence-corrected chi connectivity index (χ1v) is 8.23. The first-order chi connectivity index (χ1) is 12.5. The molecule has 6 nitrogen and oxygen atoms in total. The lowest BCUT2D eigenvalue weighted by molar-refractivity contribution is -0.116. The summed E-state index contributed by atoms with van der Waals surface area (Å²) in [5, 5.41) is 2.70. The zero-order valence-electron chi connectivity index (χ0n) is 14.4. The molecule has 3 aromatic rings. The molecule has 0 aliphatic rings. The Labute approximate surface area is 151 Å². The van der Waals surface area contributed by atoms with Gasteiger partial charge >= 0.3 is 0 Å². The van der Waals surface area contributed by atoms with Gasteiger partial charge in [-0.1, -0.05) is 42.0 Å². The van der Waals surface area contributed by atoms with Gasteiger partial charge in [-0.2, -0.15) is 0 Å². The van der Waals surface area contributed by atoms with Crippen LogP contribution in [-0.2, 0) is 11.2 Å². The quantitative estimate of drug-likeness (QED) is 0.713. The number of benzene rings is 2. The number of hydrogen-bond donors (Lipinski definition) is 2. The number of nitrogens with zero attached hydrogens (tertiary/aromatic N) is 1. The van der Waals surface area contributed by atoms with E-state index in [1.807, 2.05) is 31.2 Å². The lowest BCUT2D eigenvalue weighted by Gasteiger charge is -2.08. The van der Waals surface area contributed by atoms with Crippen LogP contribution in [0, 0.1) is 6.92 Å². The average Bonchev–Trinajstić information content (AvgIpc) is 3.10. The number of para-hydroxylation sites is 1. The van der Waals surface area contributed by atoms with Gasteiger partial charge in [0.25, 0.3) is 5.91 Å². The Morgan fingerprint density at radius 1 is 1.12 bits per heavy atom. The van der Waals surface area contributed by atoms with Gasteiger partial charge in [-0.3, -0.25) is 9.59 Å². The highest BCUT2D eigenvalue weighted by molar-refractivity contribution is 6.02. The Balaban J connectivity index is 1.60. The molecule has 0 unspecified atom stereocenters. The molecular formula is C20H19N3O3. The third kappa shape index (κ3) is 4.16. The predicted molar refractivity (Wildman–Crippen MR) is 98.6 cm³/mol. The van der Waals surface area contributed by atoms with Crippen LogP contribution in [0.1, 0.15) is 28.2 Å². The van der Waals surface area contributed by atoms with E-state index in [1.54, 1.807) is 30.5 Å². The molecule has 0 spiro atoms. The van der Waals surface area contributed by atoms with Crippen molar-refractivity contribution in [2.24, 2.45) is 5.73 Å². The smallest absolute Gasteiger partial charge is 0.250 e. The molecule has 0 aliphatic heterocycles. The molecule has 2 aromatic carbocycles. The molecule has 26 heavy (non-hydrogen) atoms. The number of carbonyl (C=O) groups excluding carboxylic acids is 2. The Morgan fingerprint density at radius 2 is 1.85 bits per heavy atom. The molecule has 3 N–H and O–H groups in total. The van der Waals surface area contributed by atoms with E-state index in [2.05, 4.69) is 10.3 Å². The van der Waals surface area contributed by atoms with Crippen molar-refractivity contribution in [3.8, 4) is 11.3 Å². The number of aryl methyl sites for hydroxylation is 2. The summed E-state index contributed by atoms with van der Waals surface area (Å²) >= 11 is 0. The zero-order valence-corrected chi connectivity index (χ0v) is 14.4. The molecule has 0 bridgehead atoms. The number of amides is 2. The SMILES string of the molecule is Cc1ccc(-c2cnc(CCC(=O)Nc3ccccc3C(N)=O)o2)cc1. The van der Waals surface area contributed by atoms with Crippen molar-refractivity contribution in [2.75, 3.05) is 5.32 Å². The van der Waals surface area contributed by atoms with Crippen LogP contribution in [-0.4, -0.2) is 16.8 Å². The van der Waals surface area contributed by atoms with Crippen molar-refractivity contribution < 1.29 is 14.0 Å². The van der Waals surface area contributed by atoms with Crippen molar-refractivity contribution in [3.05, 3.63) is 71.7 Å². The van der Waals surface area contributed by atoms with Crippen LogP contribution < -0.4 is 11.1 Å². The highest BCUT2D eigenvalue weighted by Gasteiger charge is 2.12. The van der Waals surface area contributed by atoms with Gasteiger partial charge in [0.1, 0.15) is 0 Å². The molecular weight excluding hydrogens is 330 g/mol. The second kappa shape index (κ2) is 7.65. The summed E-state index contributed by atoms with van der Waals surface area (Å²) < 4.78 is 5.71. The number of nitrogens with one attached hydrogen (secondary N) is 1. The van der Waals surface area contributed by atoms with Gasteiger partial charge in [-0.05, 0) is 19.1 Å². The summed E-state index contributed by atoms with van der Waals surface area (Å²) in [7, 11) is 0. The largest absolute Gasteiger partial charge is 0.441 e. The number of oxazole rings is 1. The van der Waals surface area contributed by atoms with Crippen molar-refractivity contribution in [1.29, 1.82) is 0 Å². The highest BCUT2D eigenvalue weighted by atomic mass is 16.4. The summed E-state index contributed by atoms with van der Waals surface area (Å²) in [5.74, 6) is 0.323. The molecule has 0 saturated heterocycles. The third-order valence-electron chi connectivity index (χ3n) is 3.92. The van der Waals surface area contributed by atoms with Gasteiger partial charge in [0, 0.05) is 18.4 Å². The second-order valence-corrected chi connectivity index (χ2v) is 5.94. The monoisotopic (exact) mass is 349 g/mol. The van der Waals surface area contributed by atoms with Crippen LogP contribution in [0.25, 0.3) is 11.3 Å². The summed E-state index contributed by atoms with van der Waals surface area (Å²) in [6.45, 7) is 2.02. The maximum Gasteiger partial charge on any atom is 0.250 e. The number of primary amides is 1. The van der Waals surface area contributed by atoms with Gasteiger partial charge in [0.2, 0.25) is 5.91 Å². The second-order valence-electron chi connectivity index (χ2n) is 5.94. The lowest BCUT2D eigenvalue weighted by atomic mass is 10.1. The maximum atomic E-state index is 12.1. The van der Waals surface area contributed by atoms with Crippen molar-refractivity contribution >= 4 is 17.5 Å². The van der Waals surface area contributed by atoms with E-state index in [0.717, 1.165) is 5.56 Å². The van der Waals surface area contributed by atoms with Crippen molar-refractivity contribution in [1.82, 2.24) is 4.98 Å². The van der Waals surface area contributed by atoms with Crippen LogP contribution in [0.4, 0.5) is 5.69 Å². The summed E-state index contributed by atoms with van der Waals surface area (Å²) in [4.78, 5) is 27.7. The number of rotatable bonds is 6. The molecule has 0 atom stereocenters. The lowest BCUT2D eigenvalue weighted by Crippen LogP contribution is -2.18. The van der Waals surface area contributed by atoms with Crippen LogP contribution >= 0.6 is 0 Å². The van der Waals surface area contributed by atoms with E-state index in [-0.39, 0.29) is 17.9 Å². The van der Waals surface area contributed by atoms with Gasteiger partial charge in [-0.25, -0.2) is 4.98 Å². The van der Waals surface area contributed by atoms with E-state index in [9.17, 15) is 9.59 Å². The molecule has 6 heteroatoms. The minimum Gasteiger partial charge on any atom is -0.441 e. The summed E-state index contributed by atoms with van der Waals surface area (Å²) in [6, 6.07) is 14.6. The topological polar surface area (TPSA) is 98.2 Å². The molecule has 0 saturated carbocycles. The summed E-state index contributed by atoms with van der Waals surface area (Å²) in [5.41, 5.74) is 8.09. The normalized spacial score (nSPS) is 10.5. The van der Waals surface area contributed by atoms with E-state index in [4.69, 9.17) is 10.2 Å². The molecule has 132 valence electrons. The zero-order chi connectivity index (χ0) is 18.5. The third-order valence-corrected chi connectivity index (χ3v) is 3.92. The number of hydrogen-bond acceptors (Lipinski definition) is 4. The van der Waals surface area contributed by atoms with Crippen LogP contribution in [0.5, 0.6) is 0 Å². The van der Waals surface area contributed by atoms with Crippen LogP contribution in [0.15, 0.2) is 59.1 Å². The van der Waals surface area contributed by atoms with Gasteiger partial charge in [-0.15, -0.1) is 0 Å². The average molecular weight is 349 g/mol. The molecule has 1 heterocycles. The fourth-order valence-corrected chi connectivity index (χ4v) is 2.52. The minimum absolute atomic E-state index is 0.181. The van der Waals surface area contributed by atoms with Gasteiger partial charge in [0.05, 0.1) is 17.4 Å². The molecule has 0 aliphatic carbocycles. The van der Waals surface area contributed by atoms with Crippen molar-refractivity contribution in [2.45, 2.75) is 19.8 Å². The Morgan fingerprint density at radius 3 is 2.58 bits per heavy atom. The van der Waals surface area contributed by atoms with E-state index >= 15 is 0 Å². The first-order valence-electron chi connectivity index (χ1n) is 8.23. The number of nitrogens with two attached hydrogens (primary N) is 1. The van der Waals surface area contributed by atoms with Crippen molar-refractivity contribution in [3.63, 3.8) is 0 Å². The van der Waals surface area contributed by atoms with E-state index in [0.29, 0.717) is 23.8 Å². The fraction of sp³-hybridized carbons (Fsp3) is 0.150. The molecule has 3 rings (SSSR count). The van der Waals surface area contributed by atoms with Gasteiger partial charge in [0.15, 0.2) is 11.7 Å². The maximum absolute atomic E-state index is 12.1. The Hall–Kier alpha value is -3.41. The Kier molecular flexibility index (Phi) is 5.12. The number of carbonyl (C=O) groups is 2. The van der Waals surface area contributed by atoms with E-state index < -0.39 is 5.91 Å². The minimum atomic E-state index is -0.587. The Bertz CT molecular complexity index is 929. The number of aromatic nitrogens is 1. The van der Waals surface area contributed by atoms with Gasteiger partial charge < -0.3 is 15.5 Å². The molecule has 2 amide bonds. The first kappa shape index (κ1) is 17.4. The molecule has 0 fully saturated rings. The fourth-order valence-electron chi connectivity index (χ4n) is 2.52. The molecule has 1 aromatic heterocycles. The number of anilines is 1. The summed E-state index contributed by atoms with van der Waals surface area (Å²) in [6.07, 6.45) is 2.19.